The highest BCUT2D eigenvalue weighted by molar-refractivity contribution is 7.10. The molecule has 3 heterocycles. The predicted octanol–water partition coefficient (Wildman–Crippen LogP) is 2.77. The molecule has 7 heteroatoms. The number of esters is 1. The van der Waals surface area contributed by atoms with Crippen LogP contribution >= 0.6 is 11.3 Å². The van der Waals surface area contributed by atoms with Gasteiger partial charge in [0.05, 0.1) is 12.5 Å². The van der Waals surface area contributed by atoms with Gasteiger partial charge in [0.1, 0.15) is 5.58 Å². The number of para-hydroxylation sites is 1. The van der Waals surface area contributed by atoms with E-state index in [1.807, 2.05) is 11.4 Å². The molecule has 0 saturated carbocycles. The van der Waals surface area contributed by atoms with Gasteiger partial charge in [-0.3, -0.25) is 9.59 Å². The fourth-order valence-corrected chi connectivity index (χ4v) is 4.16. The second-order valence-electron chi connectivity index (χ2n) is 5.94. The second kappa shape index (κ2) is 6.42. The van der Waals surface area contributed by atoms with Gasteiger partial charge in [-0.1, -0.05) is 12.1 Å². The number of methoxy groups -OCH3 is 1. The van der Waals surface area contributed by atoms with Gasteiger partial charge < -0.3 is 14.1 Å². The second-order valence-corrected chi connectivity index (χ2v) is 6.95. The van der Waals surface area contributed by atoms with Crippen molar-refractivity contribution in [1.29, 1.82) is 0 Å². The van der Waals surface area contributed by atoms with Crippen LogP contribution in [-0.2, 0) is 16.0 Å². The third-order valence-electron chi connectivity index (χ3n) is 4.50. The van der Waals surface area contributed by atoms with Gasteiger partial charge >= 0.3 is 5.97 Å². The fraction of sp³-hybridized carbons (Fsp3) is 0.211. The van der Waals surface area contributed by atoms with Crippen LogP contribution in [0.15, 0.2) is 51.0 Å². The molecule has 2 aromatic heterocycles. The summed E-state index contributed by atoms with van der Waals surface area (Å²) in [7, 11) is 1.29. The maximum atomic E-state index is 13.0. The monoisotopic (exact) mass is 369 g/mol. The predicted molar refractivity (Wildman–Crippen MR) is 96.3 cm³/mol. The van der Waals surface area contributed by atoms with E-state index in [1.165, 1.54) is 18.1 Å². The van der Waals surface area contributed by atoms with Crippen molar-refractivity contribution in [2.75, 3.05) is 13.7 Å². The third kappa shape index (κ3) is 2.61. The van der Waals surface area contributed by atoms with E-state index in [2.05, 4.69) is 0 Å². The quantitative estimate of drug-likeness (QED) is 0.649. The van der Waals surface area contributed by atoms with E-state index in [0.717, 1.165) is 10.4 Å². The number of carbonyl (C=O) groups excluding carboxylic acids is 2. The number of hydrogen-bond donors (Lipinski definition) is 0. The van der Waals surface area contributed by atoms with Crippen LogP contribution < -0.4 is 5.43 Å². The van der Waals surface area contributed by atoms with Gasteiger partial charge in [-0.05, 0) is 35.6 Å². The number of nitrogens with zero attached hydrogens (tertiary/aromatic N) is 1. The van der Waals surface area contributed by atoms with Gasteiger partial charge in [0.15, 0.2) is 17.2 Å². The highest BCUT2D eigenvalue weighted by Gasteiger charge is 2.38. The van der Waals surface area contributed by atoms with Crippen molar-refractivity contribution in [3.05, 3.63) is 68.2 Å². The van der Waals surface area contributed by atoms with Crippen LogP contribution in [0, 0.1) is 0 Å². The summed E-state index contributed by atoms with van der Waals surface area (Å²) >= 11 is 1.55. The summed E-state index contributed by atoms with van der Waals surface area (Å²) in [6.45, 7) is 0.350. The number of rotatable bonds is 2. The zero-order valence-electron chi connectivity index (χ0n) is 13.9. The Kier molecular flexibility index (Phi) is 4.08. The van der Waals surface area contributed by atoms with Crippen molar-refractivity contribution < 1.29 is 18.7 Å². The normalized spacial score (nSPS) is 16.3. The summed E-state index contributed by atoms with van der Waals surface area (Å²) < 4.78 is 10.6. The van der Waals surface area contributed by atoms with Crippen molar-refractivity contribution in [1.82, 2.24) is 4.90 Å². The van der Waals surface area contributed by atoms with E-state index in [4.69, 9.17) is 9.15 Å². The van der Waals surface area contributed by atoms with Crippen molar-refractivity contribution in [3.8, 4) is 0 Å². The molecule has 1 amide bonds. The smallest absolute Gasteiger partial charge is 0.333 e. The minimum absolute atomic E-state index is 0.0821. The van der Waals surface area contributed by atoms with Crippen molar-refractivity contribution in [3.63, 3.8) is 0 Å². The van der Waals surface area contributed by atoms with E-state index in [-0.39, 0.29) is 11.2 Å². The van der Waals surface area contributed by atoms with Crippen molar-refractivity contribution >= 4 is 34.2 Å². The molecule has 3 aromatic rings. The summed E-state index contributed by atoms with van der Waals surface area (Å²) in [5.74, 6) is -1.10. The Balaban J connectivity index is 1.78. The van der Waals surface area contributed by atoms with Crippen molar-refractivity contribution in [2.24, 2.45) is 0 Å². The first-order chi connectivity index (χ1) is 12.6. The van der Waals surface area contributed by atoms with Crippen LogP contribution in [0.5, 0.6) is 0 Å². The van der Waals surface area contributed by atoms with Gasteiger partial charge in [0.25, 0.3) is 5.91 Å². The molecule has 0 unspecified atom stereocenters. The lowest BCUT2D eigenvalue weighted by molar-refractivity contribution is -0.146. The average Bonchev–Trinajstić information content (AvgIpc) is 3.14. The Morgan fingerprint density at radius 1 is 1.27 bits per heavy atom. The lowest BCUT2D eigenvalue weighted by Crippen LogP contribution is -2.43. The third-order valence-corrected chi connectivity index (χ3v) is 5.49. The van der Waals surface area contributed by atoms with Crippen LogP contribution in [0.4, 0.5) is 0 Å². The lowest BCUT2D eigenvalue weighted by Gasteiger charge is -2.33. The molecule has 0 N–H and O–H groups in total. The summed E-state index contributed by atoms with van der Waals surface area (Å²) in [4.78, 5) is 40.2. The highest BCUT2D eigenvalue weighted by atomic mass is 32.1. The Bertz CT molecular complexity index is 1070. The number of thiophene rings is 1. The number of fused-ring (bicyclic) bond motifs is 2. The van der Waals surface area contributed by atoms with Crippen LogP contribution in [0.3, 0.4) is 0 Å². The zero-order chi connectivity index (χ0) is 18.3. The van der Waals surface area contributed by atoms with E-state index < -0.39 is 17.9 Å². The maximum absolute atomic E-state index is 13.0. The molecular formula is C19H15NO5S. The molecule has 0 fully saturated rings. The number of ether oxygens (including phenoxy) is 1. The van der Waals surface area contributed by atoms with Crippen LogP contribution in [-0.4, -0.2) is 30.4 Å². The first-order valence-corrected chi connectivity index (χ1v) is 8.96. The molecule has 1 aliphatic rings. The zero-order valence-corrected chi connectivity index (χ0v) is 14.7. The molecule has 0 radical (unpaired) electrons. The summed E-state index contributed by atoms with van der Waals surface area (Å²) in [6.07, 6.45) is 0.643. The van der Waals surface area contributed by atoms with Gasteiger partial charge in [0.2, 0.25) is 0 Å². The van der Waals surface area contributed by atoms with E-state index >= 15 is 0 Å². The highest BCUT2D eigenvalue weighted by Crippen LogP contribution is 2.35. The topological polar surface area (TPSA) is 76.8 Å². The molecule has 0 saturated heterocycles. The first kappa shape index (κ1) is 16.5. The molecule has 132 valence electrons. The molecular weight excluding hydrogens is 354 g/mol. The molecule has 1 aromatic carbocycles. The molecule has 1 aliphatic heterocycles. The minimum atomic E-state index is -0.834. The first-order valence-electron chi connectivity index (χ1n) is 8.08. The Hall–Kier alpha value is -2.93. The van der Waals surface area contributed by atoms with E-state index in [1.54, 1.807) is 35.6 Å². The average molecular weight is 369 g/mol. The summed E-state index contributed by atoms with van der Waals surface area (Å²) in [6, 6.07) is 8.93. The molecule has 1 atom stereocenters. The maximum Gasteiger partial charge on any atom is 0.333 e. The Labute approximate surface area is 152 Å². The fourth-order valence-electron chi connectivity index (χ4n) is 3.25. The van der Waals surface area contributed by atoms with Crippen molar-refractivity contribution in [2.45, 2.75) is 12.5 Å². The molecule has 0 spiro atoms. The van der Waals surface area contributed by atoms with Crippen LogP contribution in [0.25, 0.3) is 11.0 Å². The van der Waals surface area contributed by atoms with Gasteiger partial charge in [-0.15, -0.1) is 11.3 Å². The SMILES string of the molecule is COC(=O)[C@@H]1c2ccsc2CCN1C(=O)c1cc(=O)c2ccccc2o1. The molecule has 6 nitrogen and oxygen atoms in total. The minimum Gasteiger partial charge on any atom is -0.467 e. The number of carbonyl (C=O) groups is 2. The molecule has 0 aliphatic carbocycles. The van der Waals surface area contributed by atoms with Gasteiger partial charge in [-0.2, -0.15) is 0 Å². The molecule has 0 bridgehead atoms. The van der Waals surface area contributed by atoms with Gasteiger partial charge in [0, 0.05) is 17.5 Å². The molecule has 26 heavy (non-hydrogen) atoms. The number of hydrogen-bond acceptors (Lipinski definition) is 6. The van der Waals surface area contributed by atoms with E-state index in [0.29, 0.717) is 23.9 Å². The summed E-state index contributed by atoms with van der Waals surface area (Å²) in [5, 5.41) is 2.30. The number of amides is 1. The van der Waals surface area contributed by atoms with Crippen LogP contribution in [0.1, 0.15) is 27.0 Å². The standard InChI is InChI=1S/C19H15NO5S/c1-24-19(23)17-12-7-9-26-16(12)6-8-20(17)18(22)15-10-13(21)11-4-2-3-5-14(11)25-15/h2-5,7,9-10,17H,6,8H2,1H3/t17-/m0/s1. The lowest BCUT2D eigenvalue weighted by atomic mass is 9.99. The van der Waals surface area contributed by atoms with Crippen LogP contribution in [0.2, 0.25) is 0 Å². The largest absolute Gasteiger partial charge is 0.467 e. The van der Waals surface area contributed by atoms with E-state index in [9.17, 15) is 14.4 Å². The summed E-state index contributed by atoms with van der Waals surface area (Å²) in [5.41, 5.74) is 0.814. The number of benzene rings is 1. The molecule has 4 rings (SSSR count). The Morgan fingerprint density at radius 2 is 2.08 bits per heavy atom. The Morgan fingerprint density at radius 3 is 2.88 bits per heavy atom. The van der Waals surface area contributed by atoms with Gasteiger partial charge in [-0.25, -0.2) is 4.79 Å².